The number of para-hydroxylation sites is 1. The number of nitrogens with zero attached hydrogens (tertiary/aromatic N) is 1. The third kappa shape index (κ3) is 3.04. The van der Waals surface area contributed by atoms with Gasteiger partial charge in [0.25, 0.3) is 6.01 Å². The number of phenolic OH excluding ortho intramolecular Hbond substituents is 1. The van der Waals surface area contributed by atoms with Crippen LogP contribution in [0.1, 0.15) is 13.8 Å². The molecule has 98 valence electrons. The van der Waals surface area contributed by atoms with Gasteiger partial charge >= 0.3 is 0 Å². The van der Waals surface area contributed by atoms with Crippen molar-refractivity contribution in [3.63, 3.8) is 0 Å². The first-order valence-corrected chi connectivity index (χ1v) is 6.23. The molecular formula is C15H16N2O2. The van der Waals surface area contributed by atoms with Gasteiger partial charge in [0.1, 0.15) is 11.3 Å². The molecule has 0 bridgehead atoms. The predicted octanol–water partition coefficient (Wildman–Crippen LogP) is 4.30. The zero-order chi connectivity index (χ0) is 13.7. The highest BCUT2D eigenvalue weighted by Gasteiger charge is 2.06. The van der Waals surface area contributed by atoms with Crippen LogP contribution >= 0.6 is 0 Å². The monoisotopic (exact) mass is 256 g/mol. The van der Waals surface area contributed by atoms with Gasteiger partial charge in [0.2, 0.25) is 0 Å². The SMILES string of the molecule is CC.Oc1ccc2nc(Nc3ccccc3)oc2c1. The van der Waals surface area contributed by atoms with Crippen molar-refractivity contribution in [2.24, 2.45) is 0 Å². The van der Waals surface area contributed by atoms with E-state index in [0.717, 1.165) is 5.69 Å². The highest BCUT2D eigenvalue weighted by Crippen LogP contribution is 2.24. The van der Waals surface area contributed by atoms with Gasteiger partial charge in [-0.25, -0.2) is 0 Å². The summed E-state index contributed by atoms with van der Waals surface area (Å²) in [5.74, 6) is 0.167. The number of nitrogens with one attached hydrogen (secondary N) is 1. The molecule has 0 fully saturated rings. The number of phenols is 1. The summed E-state index contributed by atoms with van der Waals surface area (Å²) in [4.78, 5) is 4.26. The third-order valence-corrected chi connectivity index (χ3v) is 2.40. The van der Waals surface area contributed by atoms with Crippen molar-refractivity contribution >= 4 is 22.8 Å². The van der Waals surface area contributed by atoms with Crippen molar-refractivity contribution in [2.45, 2.75) is 13.8 Å². The van der Waals surface area contributed by atoms with E-state index in [9.17, 15) is 5.11 Å². The van der Waals surface area contributed by atoms with Crippen molar-refractivity contribution in [2.75, 3.05) is 5.32 Å². The molecule has 0 aliphatic carbocycles. The Kier molecular flexibility index (Phi) is 4.03. The number of hydrogen-bond acceptors (Lipinski definition) is 4. The molecule has 0 amide bonds. The fourth-order valence-corrected chi connectivity index (χ4v) is 1.61. The quantitative estimate of drug-likeness (QED) is 0.717. The Hall–Kier alpha value is -2.49. The molecule has 1 heterocycles. The number of hydrogen-bond donors (Lipinski definition) is 2. The molecule has 3 rings (SSSR count). The van der Waals surface area contributed by atoms with Gasteiger partial charge in [-0.2, -0.15) is 4.98 Å². The molecule has 0 atom stereocenters. The topological polar surface area (TPSA) is 58.3 Å². The third-order valence-electron chi connectivity index (χ3n) is 2.40. The molecule has 19 heavy (non-hydrogen) atoms. The molecule has 1 aromatic heterocycles. The number of anilines is 2. The van der Waals surface area contributed by atoms with Crippen molar-refractivity contribution in [3.8, 4) is 5.75 Å². The van der Waals surface area contributed by atoms with Crippen LogP contribution in [0.25, 0.3) is 11.1 Å². The maximum absolute atomic E-state index is 9.32. The van der Waals surface area contributed by atoms with Gasteiger partial charge < -0.3 is 14.8 Å². The van der Waals surface area contributed by atoms with Crippen LogP contribution in [-0.2, 0) is 0 Å². The fraction of sp³-hybridized carbons (Fsp3) is 0.133. The fourth-order valence-electron chi connectivity index (χ4n) is 1.61. The van der Waals surface area contributed by atoms with Crippen LogP contribution < -0.4 is 5.32 Å². The molecule has 2 N–H and O–H groups in total. The molecule has 0 saturated carbocycles. The highest BCUT2D eigenvalue weighted by atomic mass is 16.4. The van der Waals surface area contributed by atoms with Gasteiger partial charge in [-0.3, -0.25) is 0 Å². The summed E-state index contributed by atoms with van der Waals surface area (Å²) in [5.41, 5.74) is 2.17. The summed E-state index contributed by atoms with van der Waals surface area (Å²) in [5, 5.41) is 12.4. The molecule has 0 radical (unpaired) electrons. The van der Waals surface area contributed by atoms with E-state index in [1.165, 1.54) is 0 Å². The zero-order valence-electron chi connectivity index (χ0n) is 10.9. The van der Waals surface area contributed by atoms with Gasteiger partial charge in [0.15, 0.2) is 5.58 Å². The van der Waals surface area contributed by atoms with E-state index in [0.29, 0.717) is 17.1 Å². The summed E-state index contributed by atoms with van der Waals surface area (Å²) in [6, 6.07) is 14.9. The zero-order valence-corrected chi connectivity index (χ0v) is 10.9. The Bertz CT molecular complexity index is 648. The van der Waals surface area contributed by atoms with E-state index in [1.807, 2.05) is 44.2 Å². The summed E-state index contributed by atoms with van der Waals surface area (Å²) < 4.78 is 5.47. The Morgan fingerprint density at radius 3 is 2.53 bits per heavy atom. The van der Waals surface area contributed by atoms with Crippen LogP contribution in [0, 0.1) is 0 Å². The maximum Gasteiger partial charge on any atom is 0.300 e. The van der Waals surface area contributed by atoms with E-state index in [2.05, 4.69) is 10.3 Å². The number of aromatic nitrogens is 1. The summed E-state index contributed by atoms with van der Waals surface area (Å²) >= 11 is 0. The molecule has 3 aromatic rings. The van der Waals surface area contributed by atoms with Crippen molar-refractivity contribution in [1.29, 1.82) is 0 Å². The minimum absolute atomic E-state index is 0.167. The largest absolute Gasteiger partial charge is 0.508 e. The minimum Gasteiger partial charge on any atom is -0.508 e. The highest BCUT2D eigenvalue weighted by molar-refractivity contribution is 5.76. The first-order valence-electron chi connectivity index (χ1n) is 6.23. The number of benzene rings is 2. The number of fused-ring (bicyclic) bond motifs is 1. The standard InChI is InChI=1S/C13H10N2O2.C2H6/c16-10-6-7-11-12(8-10)17-13(15-11)14-9-4-2-1-3-5-9;1-2/h1-8,16H,(H,14,15);1-2H3. The number of oxazole rings is 1. The second-order valence-corrected chi connectivity index (χ2v) is 3.66. The van der Waals surface area contributed by atoms with E-state index in [1.54, 1.807) is 18.2 Å². The first-order chi connectivity index (χ1) is 9.31. The van der Waals surface area contributed by atoms with Gasteiger partial charge in [-0.15, -0.1) is 0 Å². The van der Waals surface area contributed by atoms with Crippen LogP contribution in [0.15, 0.2) is 52.9 Å². The van der Waals surface area contributed by atoms with Crippen LogP contribution in [0.4, 0.5) is 11.7 Å². The average molecular weight is 256 g/mol. The van der Waals surface area contributed by atoms with Crippen molar-refractivity contribution in [1.82, 2.24) is 4.98 Å². The van der Waals surface area contributed by atoms with E-state index >= 15 is 0 Å². The summed E-state index contributed by atoms with van der Waals surface area (Å²) in [6.07, 6.45) is 0. The van der Waals surface area contributed by atoms with Crippen LogP contribution in [0.3, 0.4) is 0 Å². The molecule has 4 heteroatoms. The van der Waals surface area contributed by atoms with Gasteiger partial charge in [-0.05, 0) is 24.3 Å². The minimum atomic E-state index is 0.167. The normalized spacial score (nSPS) is 9.79. The lowest BCUT2D eigenvalue weighted by molar-refractivity contribution is 0.474. The number of rotatable bonds is 2. The summed E-state index contributed by atoms with van der Waals surface area (Å²) in [6.45, 7) is 4.00. The Balaban J connectivity index is 0.000000637. The molecule has 0 aliphatic rings. The van der Waals surface area contributed by atoms with Crippen molar-refractivity contribution in [3.05, 3.63) is 48.5 Å². The lowest BCUT2D eigenvalue weighted by atomic mass is 10.3. The first kappa shape index (κ1) is 13.0. The maximum atomic E-state index is 9.32. The predicted molar refractivity (Wildman–Crippen MR) is 76.7 cm³/mol. The van der Waals surface area contributed by atoms with Crippen LogP contribution in [-0.4, -0.2) is 10.1 Å². The van der Waals surface area contributed by atoms with Crippen LogP contribution in [0.2, 0.25) is 0 Å². The van der Waals surface area contributed by atoms with Crippen molar-refractivity contribution < 1.29 is 9.52 Å². The second-order valence-electron chi connectivity index (χ2n) is 3.66. The van der Waals surface area contributed by atoms with Crippen LogP contribution in [0.5, 0.6) is 5.75 Å². The molecule has 4 nitrogen and oxygen atoms in total. The molecule has 2 aromatic carbocycles. The van der Waals surface area contributed by atoms with E-state index in [4.69, 9.17) is 4.42 Å². The van der Waals surface area contributed by atoms with E-state index < -0.39 is 0 Å². The lowest BCUT2D eigenvalue weighted by Gasteiger charge is -1.98. The molecule has 0 spiro atoms. The van der Waals surface area contributed by atoms with E-state index in [-0.39, 0.29) is 5.75 Å². The Labute approximate surface area is 111 Å². The Morgan fingerprint density at radius 2 is 1.79 bits per heavy atom. The lowest BCUT2D eigenvalue weighted by Crippen LogP contribution is -1.88. The molecule has 0 unspecified atom stereocenters. The second kappa shape index (κ2) is 5.91. The molecule has 0 saturated heterocycles. The summed E-state index contributed by atoms with van der Waals surface area (Å²) in [7, 11) is 0. The number of aromatic hydroxyl groups is 1. The Morgan fingerprint density at radius 1 is 1.05 bits per heavy atom. The smallest absolute Gasteiger partial charge is 0.300 e. The van der Waals surface area contributed by atoms with Gasteiger partial charge in [0, 0.05) is 11.8 Å². The molecule has 0 aliphatic heterocycles. The average Bonchev–Trinajstić information content (AvgIpc) is 2.83. The van der Waals surface area contributed by atoms with Gasteiger partial charge in [0.05, 0.1) is 0 Å². The van der Waals surface area contributed by atoms with Gasteiger partial charge in [-0.1, -0.05) is 32.0 Å². The molecular weight excluding hydrogens is 240 g/mol.